The molecule has 0 bridgehead atoms. The highest BCUT2D eigenvalue weighted by molar-refractivity contribution is 6.31. The molecule has 0 spiro atoms. The van der Waals surface area contributed by atoms with Gasteiger partial charge in [0, 0.05) is 44.7 Å². The number of anilines is 1. The molecule has 2 heterocycles. The lowest BCUT2D eigenvalue weighted by molar-refractivity contribution is 0.0465. The molecule has 1 saturated heterocycles. The number of aromatic nitrogens is 1. The maximum Gasteiger partial charge on any atom is 0.253 e. The van der Waals surface area contributed by atoms with Crippen LogP contribution in [0.1, 0.15) is 28.8 Å². The number of hydrogen-bond acceptors (Lipinski definition) is 3. The van der Waals surface area contributed by atoms with Crippen molar-refractivity contribution in [3.8, 4) is 0 Å². The Hall–Kier alpha value is -2.21. The Kier molecular flexibility index (Phi) is 5.65. The monoisotopic (exact) mass is 393 g/mol. The smallest absolute Gasteiger partial charge is 0.253 e. The van der Waals surface area contributed by atoms with Crippen molar-refractivity contribution < 1.29 is 13.6 Å². The summed E-state index contributed by atoms with van der Waals surface area (Å²) < 4.78 is 28.5. The third-order valence-corrected chi connectivity index (χ3v) is 5.21. The molecule has 7 heteroatoms. The summed E-state index contributed by atoms with van der Waals surface area (Å²) in [6.45, 7) is 2.78. The summed E-state index contributed by atoms with van der Waals surface area (Å²) in [7, 11) is 1.82. The van der Waals surface area contributed by atoms with Crippen LogP contribution in [-0.4, -0.2) is 48.1 Å². The van der Waals surface area contributed by atoms with E-state index in [2.05, 4.69) is 4.98 Å². The molecule has 1 amide bonds. The number of carbonyl (C=O) groups is 1. The summed E-state index contributed by atoms with van der Waals surface area (Å²) in [5, 5.41) is -0.0927. The highest BCUT2D eigenvalue weighted by Crippen LogP contribution is 2.29. The van der Waals surface area contributed by atoms with Crippen LogP contribution >= 0.6 is 11.6 Å². The van der Waals surface area contributed by atoms with E-state index in [4.69, 9.17) is 11.6 Å². The number of amides is 1. The first-order chi connectivity index (χ1) is 12.8. The maximum absolute atomic E-state index is 15.3. The van der Waals surface area contributed by atoms with E-state index in [0.29, 0.717) is 18.7 Å². The molecule has 0 saturated carbocycles. The molecular formula is C20H22ClF2N3O. The molecule has 0 radical (unpaired) electrons. The molecular weight excluding hydrogens is 372 g/mol. The molecule has 2 aromatic rings. The molecule has 0 N–H and O–H groups in total. The van der Waals surface area contributed by atoms with Gasteiger partial charge in [-0.1, -0.05) is 17.7 Å². The van der Waals surface area contributed by atoms with Gasteiger partial charge in [0.2, 0.25) is 0 Å². The van der Waals surface area contributed by atoms with Gasteiger partial charge in [-0.25, -0.2) is 13.8 Å². The van der Waals surface area contributed by atoms with E-state index in [1.165, 1.54) is 18.2 Å². The molecule has 1 aliphatic heterocycles. The Morgan fingerprint density at radius 2 is 2.00 bits per heavy atom. The molecule has 0 aliphatic carbocycles. The second kappa shape index (κ2) is 7.80. The molecule has 3 rings (SSSR count). The third kappa shape index (κ3) is 4.56. The second-order valence-electron chi connectivity index (χ2n) is 7.12. The van der Waals surface area contributed by atoms with Crippen LogP contribution in [0.4, 0.5) is 14.6 Å². The van der Waals surface area contributed by atoms with Crippen LogP contribution in [0.25, 0.3) is 0 Å². The molecule has 1 aliphatic rings. The quantitative estimate of drug-likeness (QED) is 0.778. The number of piperidine rings is 1. The van der Waals surface area contributed by atoms with Crippen molar-refractivity contribution in [1.82, 2.24) is 9.88 Å². The van der Waals surface area contributed by atoms with E-state index in [1.54, 1.807) is 16.0 Å². The number of likely N-dealkylation sites (tertiary alicyclic amines) is 1. The molecule has 27 heavy (non-hydrogen) atoms. The fourth-order valence-electron chi connectivity index (χ4n) is 3.27. The summed E-state index contributed by atoms with van der Waals surface area (Å²) in [6, 6.07) is 7.70. The number of nitrogens with zero attached hydrogens (tertiary/aromatic N) is 3. The molecule has 1 fully saturated rings. The number of aryl methyl sites for hydroxylation is 1. The van der Waals surface area contributed by atoms with Crippen LogP contribution in [0.2, 0.25) is 5.02 Å². The zero-order valence-corrected chi connectivity index (χ0v) is 16.1. The van der Waals surface area contributed by atoms with E-state index < -0.39 is 11.5 Å². The lowest BCUT2D eigenvalue weighted by Gasteiger charge is -2.38. The van der Waals surface area contributed by atoms with Gasteiger partial charge in [0.1, 0.15) is 17.3 Å². The first kappa shape index (κ1) is 19.5. The van der Waals surface area contributed by atoms with Crippen LogP contribution in [0.3, 0.4) is 0 Å². The largest absolute Gasteiger partial charge is 0.356 e. The Bertz CT molecular complexity index is 820. The van der Waals surface area contributed by atoms with Gasteiger partial charge in [-0.2, -0.15) is 0 Å². The highest BCUT2D eigenvalue weighted by atomic mass is 35.5. The van der Waals surface area contributed by atoms with Crippen LogP contribution in [0.5, 0.6) is 0 Å². The molecule has 1 aromatic heterocycles. The van der Waals surface area contributed by atoms with Gasteiger partial charge in [-0.05, 0) is 36.8 Å². The Morgan fingerprint density at radius 1 is 1.30 bits per heavy atom. The summed E-state index contributed by atoms with van der Waals surface area (Å²) >= 11 is 5.75. The Labute approximate surface area is 162 Å². The van der Waals surface area contributed by atoms with E-state index in [9.17, 15) is 9.18 Å². The summed E-state index contributed by atoms with van der Waals surface area (Å²) in [5.74, 6) is -0.105. The topological polar surface area (TPSA) is 36.4 Å². The number of carbonyl (C=O) groups excluding carboxylic acids is 1. The summed E-state index contributed by atoms with van der Waals surface area (Å²) in [6.07, 6.45) is 2.24. The van der Waals surface area contributed by atoms with Crippen molar-refractivity contribution in [2.24, 2.45) is 0 Å². The van der Waals surface area contributed by atoms with Gasteiger partial charge in [-0.15, -0.1) is 0 Å². The fourth-order valence-corrected chi connectivity index (χ4v) is 3.45. The third-order valence-electron chi connectivity index (χ3n) is 4.92. The number of hydrogen-bond donors (Lipinski definition) is 0. The first-order valence-corrected chi connectivity index (χ1v) is 9.22. The van der Waals surface area contributed by atoms with E-state index >= 15 is 4.39 Å². The summed E-state index contributed by atoms with van der Waals surface area (Å²) in [5.41, 5.74) is -0.0259. The van der Waals surface area contributed by atoms with Crippen molar-refractivity contribution in [3.63, 3.8) is 0 Å². The second-order valence-corrected chi connectivity index (χ2v) is 7.53. The van der Waals surface area contributed by atoms with E-state index in [1.807, 2.05) is 26.1 Å². The number of pyridine rings is 1. The SMILES string of the molecule is Cc1ccc(N(C)CC2(F)CCN(C(=O)c3ccc(F)c(Cl)c3)CC2)nc1. The number of rotatable bonds is 4. The van der Waals surface area contributed by atoms with Crippen molar-refractivity contribution in [1.29, 1.82) is 0 Å². The van der Waals surface area contributed by atoms with Crippen LogP contribution in [0.15, 0.2) is 36.5 Å². The van der Waals surface area contributed by atoms with Gasteiger partial charge in [-0.3, -0.25) is 4.79 Å². The van der Waals surface area contributed by atoms with Crippen molar-refractivity contribution in [2.45, 2.75) is 25.4 Å². The number of benzene rings is 1. The van der Waals surface area contributed by atoms with Gasteiger partial charge in [0.05, 0.1) is 11.6 Å². The zero-order valence-electron chi connectivity index (χ0n) is 15.4. The molecule has 1 aromatic carbocycles. The van der Waals surface area contributed by atoms with Gasteiger partial charge in [0.25, 0.3) is 5.91 Å². The normalized spacial score (nSPS) is 16.3. The first-order valence-electron chi connectivity index (χ1n) is 8.84. The van der Waals surface area contributed by atoms with Crippen molar-refractivity contribution >= 4 is 23.3 Å². The van der Waals surface area contributed by atoms with Crippen LogP contribution < -0.4 is 4.90 Å². The minimum atomic E-state index is -1.39. The number of alkyl halides is 1. The van der Waals surface area contributed by atoms with Gasteiger partial charge >= 0.3 is 0 Å². The van der Waals surface area contributed by atoms with Gasteiger partial charge < -0.3 is 9.80 Å². The minimum Gasteiger partial charge on any atom is -0.356 e. The summed E-state index contributed by atoms with van der Waals surface area (Å²) in [4.78, 5) is 20.3. The van der Waals surface area contributed by atoms with E-state index in [0.717, 1.165) is 11.4 Å². The Morgan fingerprint density at radius 3 is 2.59 bits per heavy atom. The number of halogens is 3. The standard InChI is InChI=1S/C20H22ClF2N3O/c1-14-3-6-18(24-12-14)25(2)13-20(23)7-9-26(10-8-20)19(27)15-4-5-17(22)16(21)11-15/h3-6,11-12H,7-10,13H2,1-2H3. The predicted octanol–water partition coefficient (Wildman–Crippen LogP) is 4.26. The molecule has 144 valence electrons. The lowest BCUT2D eigenvalue weighted by atomic mass is 9.92. The highest BCUT2D eigenvalue weighted by Gasteiger charge is 2.37. The average Bonchev–Trinajstić information content (AvgIpc) is 2.64. The Balaban J connectivity index is 1.60. The predicted molar refractivity (Wildman–Crippen MR) is 103 cm³/mol. The zero-order chi connectivity index (χ0) is 19.6. The van der Waals surface area contributed by atoms with Crippen molar-refractivity contribution in [3.05, 3.63) is 58.5 Å². The molecule has 0 atom stereocenters. The van der Waals surface area contributed by atoms with Crippen LogP contribution in [0, 0.1) is 12.7 Å². The average molecular weight is 394 g/mol. The maximum atomic E-state index is 15.3. The van der Waals surface area contributed by atoms with Gasteiger partial charge in [0.15, 0.2) is 0 Å². The van der Waals surface area contributed by atoms with E-state index in [-0.39, 0.29) is 30.3 Å². The lowest BCUT2D eigenvalue weighted by Crippen LogP contribution is -2.49. The molecule has 4 nitrogen and oxygen atoms in total. The molecule has 0 unspecified atom stereocenters. The fraction of sp³-hybridized carbons (Fsp3) is 0.400. The minimum absolute atomic E-state index is 0.0927. The van der Waals surface area contributed by atoms with Crippen molar-refractivity contribution in [2.75, 3.05) is 31.6 Å². The van der Waals surface area contributed by atoms with Crippen LogP contribution in [-0.2, 0) is 0 Å².